The average Bonchev–Trinajstić information content (AvgIpc) is 2.52. The summed E-state index contributed by atoms with van der Waals surface area (Å²) in [5.74, 6) is 0. The van der Waals surface area contributed by atoms with Crippen LogP contribution in [0.2, 0.25) is 0 Å². The maximum absolute atomic E-state index is 8.55. The largest absolute Gasteiger partial charge is 1.00 e. The maximum atomic E-state index is 8.55. The van der Waals surface area contributed by atoms with E-state index in [1.807, 2.05) is 0 Å². The number of aryl methyl sites for hydroxylation is 2. The smallest absolute Gasteiger partial charge is 0.822 e. The minimum atomic E-state index is -5.39. The first-order valence-electron chi connectivity index (χ1n) is 7.59. The first kappa shape index (κ1) is 27.3. The molecule has 0 bridgehead atoms. The SMILES string of the molecule is O=P([O-])([O-])[O-].[Na+].[Na+].[Na+].c1ccc2c(c1)ccc1c3c(ccc12)CCCC3. The van der Waals surface area contributed by atoms with Crippen molar-refractivity contribution in [1.82, 2.24) is 0 Å². The molecule has 0 fully saturated rings. The van der Waals surface area contributed by atoms with E-state index in [0.717, 1.165) is 0 Å². The number of rotatable bonds is 0. The summed E-state index contributed by atoms with van der Waals surface area (Å²) < 4.78 is 8.55. The van der Waals surface area contributed by atoms with Gasteiger partial charge in [-0.3, -0.25) is 0 Å². The summed E-state index contributed by atoms with van der Waals surface area (Å²) in [5.41, 5.74) is 3.17. The van der Waals surface area contributed by atoms with Gasteiger partial charge in [0.05, 0.1) is 0 Å². The predicted octanol–water partition coefficient (Wildman–Crippen LogP) is -6.94. The van der Waals surface area contributed by atoms with Gasteiger partial charge in [0.2, 0.25) is 0 Å². The summed E-state index contributed by atoms with van der Waals surface area (Å²) in [6.07, 6.45) is 5.22. The Kier molecular flexibility index (Phi) is 12.7. The molecular weight excluding hydrogens is 380 g/mol. The third-order valence-electron chi connectivity index (χ3n) is 4.26. The minimum Gasteiger partial charge on any atom is -0.822 e. The van der Waals surface area contributed by atoms with Gasteiger partial charge in [0.15, 0.2) is 0 Å². The van der Waals surface area contributed by atoms with Gasteiger partial charge < -0.3 is 19.2 Å². The maximum Gasteiger partial charge on any atom is 1.00 e. The van der Waals surface area contributed by atoms with Crippen molar-refractivity contribution in [3.05, 3.63) is 59.7 Å². The summed E-state index contributed by atoms with van der Waals surface area (Å²) >= 11 is 0. The molecule has 1 aliphatic rings. The second-order valence-corrected chi connectivity index (χ2v) is 6.63. The Hall–Kier alpha value is 1.29. The normalized spacial score (nSPS) is 12.6. The van der Waals surface area contributed by atoms with Gasteiger partial charge in [0, 0.05) is 0 Å². The van der Waals surface area contributed by atoms with Crippen LogP contribution in [0.5, 0.6) is 0 Å². The van der Waals surface area contributed by atoms with Gasteiger partial charge in [-0.2, -0.15) is 7.82 Å². The molecule has 3 aromatic carbocycles. The zero-order valence-electron chi connectivity index (χ0n) is 15.5. The second kappa shape index (κ2) is 12.1. The zero-order valence-corrected chi connectivity index (χ0v) is 22.4. The Labute approximate surface area is 219 Å². The molecule has 0 aromatic heterocycles. The molecule has 1 aliphatic carbocycles. The first-order valence-corrected chi connectivity index (χ1v) is 9.05. The number of fused-ring (bicyclic) bond motifs is 5. The number of benzene rings is 3. The molecule has 0 saturated carbocycles. The van der Waals surface area contributed by atoms with E-state index in [-0.39, 0.29) is 88.7 Å². The molecule has 0 atom stereocenters. The topological polar surface area (TPSA) is 86.2 Å². The molecule has 4 rings (SSSR count). The van der Waals surface area contributed by atoms with E-state index in [9.17, 15) is 0 Å². The van der Waals surface area contributed by atoms with Crippen molar-refractivity contribution >= 4 is 29.4 Å². The quantitative estimate of drug-likeness (QED) is 0.215. The van der Waals surface area contributed by atoms with Crippen LogP contribution in [-0.4, -0.2) is 0 Å². The van der Waals surface area contributed by atoms with E-state index in [0.29, 0.717) is 0 Å². The Morgan fingerprint density at radius 1 is 0.692 bits per heavy atom. The second-order valence-electron chi connectivity index (χ2n) is 5.74. The molecule has 0 aliphatic heterocycles. The molecule has 0 amide bonds. The van der Waals surface area contributed by atoms with E-state index in [1.54, 1.807) is 11.1 Å². The van der Waals surface area contributed by atoms with Crippen LogP contribution in [0.4, 0.5) is 0 Å². The molecule has 0 N–H and O–H groups in total. The summed E-state index contributed by atoms with van der Waals surface area (Å²) in [6.45, 7) is 0. The van der Waals surface area contributed by atoms with Crippen LogP contribution in [0.15, 0.2) is 48.5 Å². The van der Waals surface area contributed by atoms with Crippen molar-refractivity contribution in [2.24, 2.45) is 0 Å². The molecule has 120 valence electrons. The third-order valence-corrected chi connectivity index (χ3v) is 4.26. The molecule has 0 spiro atoms. The van der Waals surface area contributed by atoms with Gasteiger partial charge in [-0.15, -0.1) is 0 Å². The molecular formula is C18H16Na3O4P. The Morgan fingerprint density at radius 2 is 1.27 bits per heavy atom. The van der Waals surface area contributed by atoms with Crippen LogP contribution in [0.1, 0.15) is 24.0 Å². The summed E-state index contributed by atoms with van der Waals surface area (Å²) in [7, 11) is -5.39. The van der Waals surface area contributed by atoms with Crippen LogP contribution in [0.3, 0.4) is 0 Å². The van der Waals surface area contributed by atoms with E-state index in [4.69, 9.17) is 19.2 Å². The number of phosphoric acid groups is 1. The molecule has 4 nitrogen and oxygen atoms in total. The summed E-state index contributed by atoms with van der Waals surface area (Å²) in [6, 6.07) is 18.0. The van der Waals surface area contributed by atoms with Crippen molar-refractivity contribution in [1.29, 1.82) is 0 Å². The monoisotopic (exact) mass is 396 g/mol. The zero-order chi connectivity index (χ0) is 16.4. The first-order chi connectivity index (χ1) is 10.9. The molecule has 8 heteroatoms. The number of hydrogen-bond acceptors (Lipinski definition) is 4. The van der Waals surface area contributed by atoms with E-state index in [2.05, 4.69) is 48.5 Å². The predicted molar refractivity (Wildman–Crippen MR) is 85.7 cm³/mol. The fourth-order valence-corrected chi connectivity index (χ4v) is 3.34. The third kappa shape index (κ3) is 7.27. The molecule has 3 aromatic rings. The van der Waals surface area contributed by atoms with E-state index < -0.39 is 7.82 Å². The van der Waals surface area contributed by atoms with Crippen molar-refractivity contribution in [2.75, 3.05) is 0 Å². The van der Waals surface area contributed by atoms with E-state index >= 15 is 0 Å². The fraction of sp³-hybridized carbons (Fsp3) is 0.222. The number of hydrogen-bond donors (Lipinski definition) is 0. The van der Waals surface area contributed by atoms with Gasteiger partial charge in [-0.1, -0.05) is 48.5 Å². The summed E-state index contributed by atoms with van der Waals surface area (Å²) in [5, 5.41) is 5.64. The summed E-state index contributed by atoms with van der Waals surface area (Å²) in [4.78, 5) is 25.6. The standard InChI is InChI=1S/C18H16.3Na.H3O4P/c1-3-7-15-13(5-1)9-11-18-16-8-4-2-6-14(16)10-12-17(15)18;;;;1-5(2,3)4/h1,3,5,7,9-12H,2,4,6,8H2;;;;(H3,1,2,3,4)/q;3*+1;/p-3. The molecule has 0 radical (unpaired) electrons. The molecule has 0 unspecified atom stereocenters. The van der Waals surface area contributed by atoms with Crippen molar-refractivity contribution in [2.45, 2.75) is 25.7 Å². The Balaban J connectivity index is 0.000000704. The van der Waals surface area contributed by atoms with E-state index in [1.165, 1.54) is 47.2 Å². The van der Waals surface area contributed by atoms with Gasteiger partial charge >= 0.3 is 88.7 Å². The van der Waals surface area contributed by atoms with Crippen LogP contribution in [0.25, 0.3) is 21.5 Å². The van der Waals surface area contributed by atoms with Crippen LogP contribution < -0.4 is 103 Å². The molecule has 26 heavy (non-hydrogen) atoms. The van der Waals surface area contributed by atoms with Crippen LogP contribution in [0, 0.1) is 0 Å². The average molecular weight is 396 g/mol. The van der Waals surface area contributed by atoms with Gasteiger partial charge in [-0.05, 0) is 58.4 Å². The van der Waals surface area contributed by atoms with Crippen molar-refractivity contribution in [3.8, 4) is 0 Å². The van der Waals surface area contributed by atoms with Gasteiger partial charge in [0.25, 0.3) is 0 Å². The van der Waals surface area contributed by atoms with Gasteiger partial charge in [-0.25, -0.2) is 0 Å². The fourth-order valence-electron chi connectivity index (χ4n) is 3.34. The molecule has 0 heterocycles. The minimum absolute atomic E-state index is 0. The Bertz CT molecular complexity index is 903. The van der Waals surface area contributed by atoms with Crippen LogP contribution in [-0.2, 0) is 17.4 Å². The van der Waals surface area contributed by atoms with Crippen LogP contribution >= 0.6 is 7.82 Å². The van der Waals surface area contributed by atoms with Gasteiger partial charge in [0.1, 0.15) is 0 Å². The Morgan fingerprint density at radius 3 is 1.96 bits per heavy atom. The van der Waals surface area contributed by atoms with Crippen molar-refractivity contribution < 1.29 is 108 Å². The molecule has 0 saturated heterocycles. The van der Waals surface area contributed by atoms with Crippen molar-refractivity contribution in [3.63, 3.8) is 0 Å².